The molecule has 3 aromatic rings. The van der Waals surface area contributed by atoms with Crippen molar-refractivity contribution < 1.29 is 9.59 Å². The van der Waals surface area contributed by atoms with Crippen LogP contribution in [0.25, 0.3) is 10.2 Å². The Bertz CT molecular complexity index is 1260. The van der Waals surface area contributed by atoms with Gasteiger partial charge in [0.05, 0.1) is 27.7 Å². The van der Waals surface area contributed by atoms with Gasteiger partial charge in [-0.2, -0.15) is 0 Å². The summed E-state index contributed by atoms with van der Waals surface area (Å²) in [5.74, 6) is 0.845. The molecule has 2 amide bonds. The van der Waals surface area contributed by atoms with Crippen LogP contribution in [-0.4, -0.2) is 16.8 Å². The Labute approximate surface area is 204 Å². The minimum Gasteiger partial charge on any atom is -0.274 e. The SMILES string of the molecule is O=C1[C@H]2[C@H](C(=O)N1c1ccc3nc(SCc4ccc(Br)cc4Br)sc3c1)[C@H]1C=C[C@H]2C1. The topological polar surface area (TPSA) is 50.3 Å². The van der Waals surface area contributed by atoms with Gasteiger partial charge in [-0.25, -0.2) is 9.88 Å². The van der Waals surface area contributed by atoms with Crippen molar-refractivity contribution in [2.24, 2.45) is 23.7 Å². The maximum atomic E-state index is 13.1. The van der Waals surface area contributed by atoms with E-state index in [2.05, 4.69) is 50.1 Å². The number of allylic oxidation sites excluding steroid dienone is 2. The minimum absolute atomic E-state index is 0.0367. The van der Waals surface area contributed by atoms with Crippen molar-refractivity contribution in [2.75, 3.05) is 4.90 Å². The number of amides is 2. The Morgan fingerprint density at radius 2 is 1.77 bits per heavy atom. The molecule has 1 saturated carbocycles. The number of thiazole rings is 1. The monoisotopic (exact) mass is 574 g/mol. The molecule has 156 valence electrons. The number of thioether (sulfide) groups is 1. The second-order valence-corrected chi connectivity index (χ2v) is 12.2. The van der Waals surface area contributed by atoms with Crippen molar-refractivity contribution in [1.29, 1.82) is 0 Å². The van der Waals surface area contributed by atoms with E-state index in [1.54, 1.807) is 23.1 Å². The Morgan fingerprint density at radius 1 is 1.03 bits per heavy atom. The molecule has 8 heteroatoms. The standard InChI is InChI=1S/C23H16Br2N2O2S2/c24-14-4-3-13(16(25)8-14)10-30-23-26-17-6-5-15(9-18(17)31-23)27-21(28)19-11-1-2-12(7-11)20(19)22(27)29/h1-6,8-9,11-12,19-20H,7,10H2/t11-,12-,19+,20+/m0/s1. The lowest BCUT2D eigenvalue weighted by atomic mass is 9.85. The molecule has 1 aromatic heterocycles. The van der Waals surface area contributed by atoms with E-state index in [1.807, 2.05) is 30.3 Å². The fourth-order valence-corrected chi connectivity index (χ4v) is 8.51. The fourth-order valence-electron chi connectivity index (χ4n) is 5.03. The lowest BCUT2D eigenvalue weighted by molar-refractivity contribution is -0.123. The summed E-state index contributed by atoms with van der Waals surface area (Å²) in [4.78, 5) is 32.3. The summed E-state index contributed by atoms with van der Waals surface area (Å²) in [5.41, 5.74) is 2.77. The largest absolute Gasteiger partial charge is 0.274 e. The van der Waals surface area contributed by atoms with Crippen LogP contribution in [0.3, 0.4) is 0 Å². The highest BCUT2D eigenvalue weighted by Gasteiger charge is 2.59. The number of rotatable bonds is 4. The molecule has 0 unspecified atom stereocenters. The van der Waals surface area contributed by atoms with Gasteiger partial charge in [-0.1, -0.05) is 61.8 Å². The molecule has 6 rings (SSSR count). The Balaban J connectivity index is 1.25. The van der Waals surface area contributed by atoms with Crippen LogP contribution in [0.1, 0.15) is 12.0 Å². The molecule has 3 aliphatic rings. The number of halogens is 2. The number of carbonyl (C=O) groups is 2. The number of carbonyl (C=O) groups excluding carboxylic acids is 2. The molecule has 2 bridgehead atoms. The van der Waals surface area contributed by atoms with Gasteiger partial charge in [-0.3, -0.25) is 9.59 Å². The van der Waals surface area contributed by atoms with E-state index in [1.165, 1.54) is 10.5 Å². The zero-order valence-electron chi connectivity index (χ0n) is 16.1. The van der Waals surface area contributed by atoms with Gasteiger partial charge < -0.3 is 0 Å². The molecular weight excluding hydrogens is 560 g/mol. The Kier molecular flexibility index (Phi) is 4.90. The number of hydrogen-bond donors (Lipinski definition) is 0. The van der Waals surface area contributed by atoms with Gasteiger partial charge in [0, 0.05) is 14.7 Å². The van der Waals surface area contributed by atoms with E-state index in [9.17, 15) is 9.59 Å². The van der Waals surface area contributed by atoms with Gasteiger partial charge in [0.2, 0.25) is 11.8 Å². The van der Waals surface area contributed by atoms with Crippen LogP contribution in [0.4, 0.5) is 5.69 Å². The van der Waals surface area contributed by atoms with Crippen LogP contribution in [0.2, 0.25) is 0 Å². The van der Waals surface area contributed by atoms with Crippen LogP contribution in [0, 0.1) is 23.7 Å². The Morgan fingerprint density at radius 3 is 2.48 bits per heavy atom. The highest BCUT2D eigenvalue weighted by atomic mass is 79.9. The van der Waals surface area contributed by atoms with E-state index in [0.717, 1.165) is 35.7 Å². The van der Waals surface area contributed by atoms with Crippen molar-refractivity contribution in [3.63, 3.8) is 0 Å². The third-order valence-electron chi connectivity index (χ3n) is 6.45. The summed E-state index contributed by atoms with van der Waals surface area (Å²) in [6, 6.07) is 11.9. The molecule has 2 aromatic carbocycles. The summed E-state index contributed by atoms with van der Waals surface area (Å²) >= 11 is 10.4. The molecule has 4 atom stereocenters. The first-order valence-electron chi connectivity index (χ1n) is 10.0. The fraction of sp³-hybridized carbons (Fsp3) is 0.261. The summed E-state index contributed by atoms with van der Waals surface area (Å²) in [6.07, 6.45) is 5.20. The zero-order chi connectivity index (χ0) is 21.3. The maximum absolute atomic E-state index is 13.1. The second-order valence-electron chi connectivity index (χ2n) is 8.17. The highest BCUT2D eigenvalue weighted by Crippen LogP contribution is 2.53. The van der Waals surface area contributed by atoms with Crippen LogP contribution in [0.5, 0.6) is 0 Å². The van der Waals surface area contributed by atoms with E-state index in [0.29, 0.717) is 5.69 Å². The minimum atomic E-state index is -0.171. The number of benzene rings is 2. The van der Waals surface area contributed by atoms with Crippen molar-refractivity contribution >= 4 is 82.7 Å². The molecule has 0 N–H and O–H groups in total. The molecule has 31 heavy (non-hydrogen) atoms. The quantitative estimate of drug-likeness (QED) is 0.204. The molecule has 2 fully saturated rings. The molecule has 1 aliphatic heterocycles. The van der Waals surface area contributed by atoms with Crippen LogP contribution >= 0.6 is 55.0 Å². The number of aromatic nitrogens is 1. The second kappa shape index (κ2) is 7.54. The van der Waals surface area contributed by atoms with Crippen LogP contribution in [0.15, 0.2) is 61.8 Å². The zero-order valence-corrected chi connectivity index (χ0v) is 20.9. The summed E-state index contributed by atoms with van der Waals surface area (Å²) in [6.45, 7) is 0. The van der Waals surface area contributed by atoms with Gasteiger partial charge >= 0.3 is 0 Å². The molecular formula is C23H16Br2N2O2S2. The van der Waals surface area contributed by atoms with E-state index >= 15 is 0 Å². The smallest absolute Gasteiger partial charge is 0.238 e. The number of nitrogens with zero attached hydrogens (tertiary/aromatic N) is 2. The molecule has 0 radical (unpaired) electrons. The first-order valence-corrected chi connectivity index (χ1v) is 13.4. The van der Waals surface area contributed by atoms with Gasteiger partial charge in [0.25, 0.3) is 0 Å². The molecule has 1 saturated heterocycles. The Hall–Kier alpha value is -1.48. The number of anilines is 1. The van der Waals surface area contributed by atoms with Crippen LogP contribution in [-0.2, 0) is 15.3 Å². The molecule has 2 heterocycles. The number of imide groups is 1. The number of fused-ring (bicyclic) bond motifs is 6. The van der Waals surface area contributed by atoms with Gasteiger partial charge in [0.15, 0.2) is 4.34 Å². The van der Waals surface area contributed by atoms with Crippen molar-refractivity contribution in [3.05, 3.63) is 63.1 Å². The normalized spacial score (nSPS) is 26.5. The summed E-state index contributed by atoms with van der Waals surface area (Å²) < 4.78 is 4.08. The van der Waals surface area contributed by atoms with Gasteiger partial charge in [0.1, 0.15) is 0 Å². The maximum Gasteiger partial charge on any atom is 0.238 e. The lowest BCUT2D eigenvalue weighted by Crippen LogP contribution is -2.32. The van der Waals surface area contributed by atoms with Crippen molar-refractivity contribution in [2.45, 2.75) is 16.5 Å². The van der Waals surface area contributed by atoms with Crippen molar-refractivity contribution in [1.82, 2.24) is 4.98 Å². The third-order valence-corrected chi connectivity index (χ3v) is 9.89. The van der Waals surface area contributed by atoms with Gasteiger partial charge in [-0.15, -0.1) is 11.3 Å². The highest BCUT2D eigenvalue weighted by molar-refractivity contribution is 9.11. The van der Waals surface area contributed by atoms with Crippen LogP contribution < -0.4 is 4.90 Å². The predicted molar refractivity (Wildman–Crippen MR) is 131 cm³/mol. The first-order chi connectivity index (χ1) is 15.0. The average molecular weight is 576 g/mol. The van der Waals surface area contributed by atoms with E-state index in [-0.39, 0.29) is 35.5 Å². The number of hydrogen-bond acceptors (Lipinski definition) is 5. The molecule has 0 spiro atoms. The summed E-state index contributed by atoms with van der Waals surface area (Å²) in [5, 5.41) is 0. The third kappa shape index (κ3) is 3.25. The molecule has 2 aliphatic carbocycles. The molecule has 4 nitrogen and oxygen atoms in total. The van der Waals surface area contributed by atoms with E-state index < -0.39 is 0 Å². The lowest BCUT2D eigenvalue weighted by Gasteiger charge is -2.17. The summed E-state index contributed by atoms with van der Waals surface area (Å²) in [7, 11) is 0. The predicted octanol–water partition coefficient (Wildman–Crippen LogP) is 6.43. The first kappa shape index (κ1) is 20.1. The van der Waals surface area contributed by atoms with E-state index in [4.69, 9.17) is 4.98 Å². The van der Waals surface area contributed by atoms with Crippen molar-refractivity contribution in [3.8, 4) is 0 Å². The average Bonchev–Trinajstić information content (AvgIpc) is 3.50. The van der Waals surface area contributed by atoms with Gasteiger partial charge in [-0.05, 0) is 54.2 Å².